The zero-order valence-electron chi connectivity index (χ0n) is 18.4. The summed E-state index contributed by atoms with van der Waals surface area (Å²) < 4.78 is 0. The minimum Gasteiger partial charge on any atom is -0.481 e. The van der Waals surface area contributed by atoms with Crippen LogP contribution >= 0.6 is 0 Å². The summed E-state index contributed by atoms with van der Waals surface area (Å²) in [5.41, 5.74) is 2.30. The molecule has 0 bridgehead atoms. The first kappa shape index (κ1) is 21.0. The van der Waals surface area contributed by atoms with Crippen molar-refractivity contribution < 1.29 is 15.0 Å². The molecular weight excluding hydrogens is 400 g/mol. The van der Waals surface area contributed by atoms with E-state index in [1.165, 1.54) is 16.3 Å². The van der Waals surface area contributed by atoms with E-state index in [1.807, 2.05) is 12.1 Å². The number of nitrogens with zero attached hydrogens (tertiary/aromatic N) is 1. The Morgan fingerprint density at radius 3 is 2.53 bits per heavy atom. The van der Waals surface area contributed by atoms with Crippen LogP contribution in [0.1, 0.15) is 43.4 Å². The Balaban J connectivity index is 1.22. The molecule has 1 saturated carbocycles. The Labute approximate surface area is 188 Å². The molecule has 5 rings (SSSR count). The van der Waals surface area contributed by atoms with Gasteiger partial charge in [0.15, 0.2) is 0 Å². The Kier molecular flexibility index (Phi) is 5.39. The fraction of sp³-hybridized carbons (Fsp3) is 0.370. The van der Waals surface area contributed by atoms with Gasteiger partial charge in [-0.3, -0.25) is 4.79 Å². The first-order chi connectivity index (χ1) is 15.4. The number of fused-ring (bicyclic) bond motifs is 1. The van der Waals surface area contributed by atoms with Crippen LogP contribution in [0.3, 0.4) is 0 Å². The van der Waals surface area contributed by atoms with Gasteiger partial charge >= 0.3 is 5.97 Å². The van der Waals surface area contributed by atoms with E-state index in [9.17, 15) is 9.90 Å². The third-order valence-corrected chi connectivity index (χ3v) is 7.25. The van der Waals surface area contributed by atoms with Gasteiger partial charge in [-0.05, 0) is 60.2 Å². The molecule has 3 aromatic carbocycles. The van der Waals surface area contributed by atoms with E-state index >= 15 is 0 Å². The number of benzene rings is 3. The van der Waals surface area contributed by atoms with Crippen LogP contribution in [0, 0.1) is 5.92 Å². The number of carboxylic acid groups (broad SMARTS) is 1. The SMILES string of the molecule is C[C@@H](N[C@H]1CCN(c2ccc(C3(O)CC(C(=O)O)C3)cc2)C1)c1cccc2ccccc12. The van der Waals surface area contributed by atoms with E-state index in [0.717, 1.165) is 30.8 Å². The number of rotatable bonds is 6. The number of hydrogen-bond acceptors (Lipinski definition) is 4. The Hall–Kier alpha value is -2.89. The average Bonchev–Trinajstić information content (AvgIpc) is 3.25. The molecule has 1 saturated heterocycles. The standard InChI is InChI=1S/C27H30N2O3/c1-18(24-8-4-6-19-5-2-3-7-25(19)24)28-22-13-14-29(17-22)23-11-9-21(10-12-23)27(32)15-20(16-27)26(30)31/h2-12,18,20,22,28,32H,13-17H2,1H3,(H,30,31)/t18-,20?,22+,27?/m1/s1. The minimum absolute atomic E-state index is 0.267. The molecule has 2 atom stereocenters. The van der Waals surface area contributed by atoms with Crippen molar-refractivity contribution >= 4 is 22.4 Å². The quantitative estimate of drug-likeness (QED) is 0.539. The molecule has 1 heterocycles. The Morgan fingerprint density at radius 1 is 1.06 bits per heavy atom. The van der Waals surface area contributed by atoms with Gasteiger partial charge in [0.25, 0.3) is 0 Å². The predicted molar refractivity (Wildman–Crippen MR) is 127 cm³/mol. The van der Waals surface area contributed by atoms with Gasteiger partial charge < -0.3 is 20.4 Å². The Bertz CT molecular complexity index is 1120. The molecule has 1 aliphatic heterocycles. The number of carboxylic acids is 1. The van der Waals surface area contributed by atoms with Crippen molar-refractivity contribution in [3.05, 3.63) is 77.9 Å². The van der Waals surface area contributed by atoms with Crippen LogP contribution in [0.25, 0.3) is 10.8 Å². The van der Waals surface area contributed by atoms with Crippen molar-refractivity contribution in [2.75, 3.05) is 18.0 Å². The van der Waals surface area contributed by atoms with Crippen LogP contribution < -0.4 is 10.2 Å². The maximum Gasteiger partial charge on any atom is 0.306 e. The lowest BCUT2D eigenvalue weighted by molar-refractivity contribution is -0.159. The van der Waals surface area contributed by atoms with E-state index in [2.05, 4.69) is 71.7 Å². The maximum absolute atomic E-state index is 11.1. The summed E-state index contributed by atoms with van der Waals surface area (Å²) in [6.45, 7) is 4.17. The fourth-order valence-electron chi connectivity index (χ4n) is 5.35. The first-order valence-electron chi connectivity index (χ1n) is 11.5. The molecule has 0 radical (unpaired) electrons. The van der Waals surface area contributed by atoms with E-state index in [4.69, 9.17) is 5.11 Å². The second-order valence-corrected chi connectivity index (χ2v) is 9.41. The van der Waals surface area contributed by atoms with Gasteiger partial charge in [-0.15, -0.1) is 0 Å². The van der Waals surface area contributed by atoms with Crippen LogP contribution in [0.5, 0.6) is 0 Å². The molecule has 1 aliphatic carbocycles. The normalized spacial score (nSPS) is 26.1. The molecule has 2 aliphatic rings. The van der Waals surface area contributed by atoms with E-state index in [1.54, 1.807) is 0 Å². The first-order valence-corrected chi connectivity index (χ1v) is 11.5. The molecule has 0 aromatic heterocycles. The average molecular weight is 431 g/mol. The summed E-state index contributed by atoms with van der Waals surface area (Å²) in [5.74, 6) is -1.26. The highest BCUT2D eigenvalue weighted by Crippen LogP contribution is 2.46. The molecule has 2 fully saturated rings. The van der Waals surface area contributed by atoms with Gasteiger partial charge in [-0.25, -0.2) is 0 Å². The summed E-state index contributed by atoms with van der Waals surface area (Å²) in [7, 11) is 0. The monoisotopic (exact) mass is 430 g/mol. The number of aliphatic carboxylic acids is 1. The van der Waals surface area contributed by atoms with Gasteiger partial charge in [0, 0.05) is 30.9 Å². The summed E-state index contributed by atoms with van der Waals surface area (Å²) in [5, 5.41) is 26.2. The predicted octanol–water partition coefficient (Wildman–Crippen LogP) is 4.45. The molecule has 0 unspecified atom stereocenters. The third kappa shape index (κ3) is 3.87. The molecule has 3 N–H and O–H groups in total. The maximum atomic E-state index is 11.1. The van der Waals surface area contributed by atoms with Crippen LogP contribution in [0.4, 0.5) is 5.69 Å². The fourth-order valence-corrected chi connectivity index (χ4v) is 5.35. The second kappa shape index (κ2) is 8.23. The van der Waals surface area contributed by atoms with Crippen LogP contribution in [-0.2, 0) is 10.4 Å². The number of aliphatic hydroxyl groups is 1. The number of nitrogens with one attached hydrogen (secondary N) is 1. The van der Waals surface area contributed by atoms with Crippen molar-refractivity contribution in [3.8, 4) is 0 Å². The van der Waals surface area contributed by atoms with E-state index in [0.29, 0.717) is 18.9 Å². The lowest BCUT2D eigenvalue weighted by Crippen LogP contribution is -2.44. The lowest BCUT2D eigenvalue weighted by atomic mass is 9.67. The summed E-state index contributed by atoms with van der Waals surface area (Å²) in [6, 6.07) is 23.7. The summed E-state index contributed by atoms with van der Waals surface area (Å²) >= 11 is 0. The lowest BCUT2D eigenvalue weighted by Gasteiger charge is -2.42. The van der Waals surface area contributed by atoms with Crippen molar-refractivity contribution in [2.45, 2.75) is 43.9 Å². The van der Waals surface area contributed by atoms with Crippen LogP contribution in [0.2, 0.25) is 0 Å². The minimum atomic E-state index is -0.995. The van der Waals surface area contributed by atoms with E-state index in [-0.39, 0.29) is 6.04 Å². The van der Waals surface area contributed by atoms with Gasteiger partial charge in [0.1, 0.15) is 0 Å². The second-order valence-electron chi connectivity index (χ2n) is 9.41. The number of anilines is 1. The van der Waals surface area contributed by atoms with Gasteiger partial charge in [0.05, 0.1) is 11.5 Å². The van der Waals surface area contributed by atoms with Gasteiger partial charge in [-0.1, -0.05) is 54.6 Å². The highest BCUT2D eigenvalue weighted by molar-refractivity contribution is 5.86. The highest BCUT2D eigenvalue weighted by Gasteiger charge is 2.47. The van der Waals surface area contributed by atoms with Crippen molar-refractivity contribution in [1.29, 1.82) is 0 Å². The molecule has 0 amide bonds. The molecule has 5 heteroatoms. The highest BCUT2D eigenvalue weighted by atomic mass is 16.4. The topological polar surface area (TPSA) is 72.8 Å². The van der Waals surface area contributed by atoms with E-state index < -0.39 is 17.5 Å². The zero-order valence-corrected chi connectivity index (χ0v) is 18.4. The van der Waals surface area contributed by atoms with Gasteiger partial charge in [0.2, 0.25) is 0 Å². The van der Waals surface area contributed by atoms with Crippen LogP contribution in [0.15, 0.2) is 66.7 Å². The summed E-state index contributed by atoms with van der Waals surface area (Å²) in [4.78, 5) is 13.4. The third-order valence-electron chi connectivity index (χ3n) is 7.25. The van der Waals surface area contributed by atoms with Crippen LogP contribution in [-0.4, -0.2) is 35.3 Å². The number of carbonyl (C=O) groups is 1. The van der Waals surface area contributed by atoms with Crippen molar-refractivity contribution in [2.24, 2.45) is 5.92 Å². The molecule has 0 spiro atoms. The summed E-state index contributed by atoms with van der Waals surface area (Å²) in [6.07, 6.45) is 1.67. The van der Waals surface area contributed by atoms with Crippen molar-refractivity contribution in [3.63, 3.8) is 0 Å². The Morgan fingerprint density at radius 2 is 1.78 bits per heavy atom. The van der Waals surface area contributed by atoms with Crippen molar-refractivity contribution in [1.82, 2.24) is 5.32 Å². The molecule has 166 valence electrons. The molecular formula is C27H30N2O3. The smallest absolute Gasteiger partial charge is 0.306 e. The molecule has 32 heavy (non-hydrogen) atoms. The largest absolute Gasteiger partial charge is 0.481 e. The number of hydrogen-bond donors (Lipinski definition) is 3. The molecule has 5 nitrogen and oxygen atoms in total. The molecule has 3 aromatic rings. The van der Waals surface area contributed by atoms with Gasteiger partial charge in [-0.2, -0.15) is 0 Å². The zero-order chi connectivity index (χ0) is 22.3.